The average Bonchev–Trinajstić information content (AvgIpc) is 2.42. The second kappa shape index (κ2) is 9.58. The fourth-order valence-corrected chi connectivity index (χ4v) is 1.68. The van der Waals surface area contributed by atoms with E-state index < -0.39 is 0 Å². The summed E-state index contributed by atoms with van der Waals surface area (Å²) in [5.74, 6) is 1.77. The summed E-state index contributed by atoms with van der Waals surface area (Å²) in [5, 5.41) is 0. The maximum Gasteiger partial charge on any atom is 0.120 e. The predicted molar refractivity (Wildman–Crippen MR) is 76.4 cm³/mol. The maximum atomic E-state index is 5.67. The molecule has 0 aliphatic heterocycles. The van der Waals surface area contributed by atoms with Crippen molar-refractivity contribution in [2.75, 3.05) is 13.2 Å². The van der Waals surface area contributed by atoms with Gasteiger partial charge in [-0.1, -0.05) is 45.3 Å². The van der Waals surface area contributed by atoms with Crippen LogP contribution in [0.5, 0.6) is 11.5 Å². The minimum Gasteiger partial charge on any atom is -0.494 e. The lowest BCUT2D eigenvalue weighted by atomic mass is 10.2. The second-order valence-electron chi connectivity index (χ2n) is 4.33. The third-order valence-corrected chi connectivity index (χ3v) is 2.71. The van der Waals surface area contributed by atoms with Gasteiger partial charge in [0.05, 0.1) is 6.61 Å². The summed E-state index contributed by atoms with van der Waals surface area (Å²) in [5.41, 5.74) is 0. The molecule has 0 aliphatic carbocycles. The molecule has 0 amide bonds. The van der Waals surface area contributed by atoms with E-state index in [1.807, 2.05) is 24.3 Å². The molecular formula is C16H24O2. The fraction of sp³-hybridized carbons (Fsp3) is 0.500. The molecule has 0 aliphatic rings. The molecule has 18 heavy (non-hydrogen) atoms. The highest BCUT2D eigenvalue weighted by molar-refractivity contribution is 5.31. The number of ether oxygens (including phenoxy) is 2. The van der Waals surface area contributed by atoms with Gasteiger partial charge in [-0.15, -0.1) is 0 Å². The van der Waals surface area contributed by atoms with Gasteiger partial charge in [0.2, 0.25) is 0 Å². The molecule has 0 saturated carbocycles. The predicted octanol–water partition coefficient (Wildman–Crippen LogP) is 4.60. The number of hydrogen-bond donors (Lipinski definition) is 0. The van der Waals surface area contributed by atoms with Gasteiger partial charge in [0.1, 0.15) is 18.1 Å². The minimum absolute atomic E-state index is 0.539. The average molecular weight is 248 g/mol. The molecule has 2 nitrogen and oxygen atoms in total. The molecule has 1 rings (SSSR count). The zero-order chi connectivity index (χ0) is 13.1. The van der Waals surface area contributed by atoms with E-state index in [4.69, 9.17) is 9.47 Å². The molecule has 0 spiro atoms. The Morgan fingerprint density at radius 2 is 1.56 bits per heavy atom. The Morgan fingerprint density at radius 1 is 0.944 bits per heavy atom. The van der Waals surface area contributed by atoms with Crippen LogP contribution in [-0.2, 0) is 0 Å². The van der Waals surface area contributed by atoms with Crippen molar-refractivity contribution in [2.45, 2.75) is 39.0 Å². The lowest BCUT2D eigenvalue weighted by molar-refractivity contribution is 0.303. The Kier molecular flexibility index (Phi) is 7.78. The first-order valence-corrected chi connectivity index (χ1v) is 6.83. The van der Waals surface area contributed by atoms with Gasteiger partial charge in [-0.25, -0.2) is 0 Å². The van der Waals surface area contributed by atoms with Crippen LogP contribution in [0.15, 0.2) is 36.9 Å². The van der Waals surface area contributed by atoms with Crippen LogP contribution in [0, 0.1) is 0 Å². The van der Waals surface area contributed by atoms with Crippen molar-refractivity contribution in [3.63, 3.8) is 0 Å². The van der Waals surface area contributed by atoms with Gasteiger partial charge in [0.15, 0.2) is 0 Å². The molecule has 0 saturated heterocycles. The fourth-order valence-electron chi connectivity index (χ4n) is 1.68. The van der Waals surface area contributed by atoms with Crippen LogP contribution >= 0.6 is 0 Å². The maximum absolute atomic E-state index is 5.67. The van der Waals surface area contributed by atoms with Crippen molar-refractivity contribution >= 4 is 0 Å². The van der Waals surface area contributed by atoms with Crippen LogP contribution in [0.1, 0.15) is 39.0 Å². The van der Waals surface area contributed by atoms with Gasteiger partial charge in [-0.2, -0.15) is 0 Å². The summed E-state index contributed by atoms with van der Waals surface area (Å²) in [6.45, 7) is 7.18. The first-order valence-electron chi connectivity index (χ1n) is 6.83. The molecule has 1 aromatic rings. The Labute approximate surface area is 111 Å². The molecule has 0 atom stereocenters. The molecule has 100 valence electrons. The highest BCUT2D eigenvalue weighted by atomic mass is 16.5. The lowest BCUT2D eigenvalue weighted by Crippen LogP contribution is -1.97. The normalized spacial score (nSPS) is 10.1. The number of hydrogen-bond acceptors (Lipinski definition) is 2. The van der Waals surface area contributed by atoms with Crippen LogP contribution in [0.4, 0.5) is 0 Å². The van der Waals surface area contributed by atoms with E-state index in [0.29, 0.717) is 6.61 Å². The van der Waals surface area contributed by atoms with Crippen molar-refractivity contribution in [3.8, 4) is 11.5 Å². The number of rotatable bonds is 10. The summed E-state index contributed by atoms with van der Waals surface area (Å²) in [6, 6.07) is 7.75. The molecule has 0 N–H and O–H groups in total. The van der Waals surface area contributed by atoms with Crippen LogP contribution in [0.3, 0.4) is 0 Å². The second-order valence-corrected chi connectivity index (χ2v) is 4.33. The molecule has 0 aromatic heterocycles. The van der Waals surface area contributed by atoms with Crippen molar-refractivity contribution < 1.29 is 9.47 Å². The largest absolute Gasteiger partial charge is 0.494 e. The van der Waals surface area contributed by atoms with E-state index in [0.717, 1.165) is 24.5 Å². The Morgan fingerprint density at radius 3 is 2.17 bits per heavy atom. The zero-order valence-corrected chi connectivity index (χ0v) is 11.4. The minimum atomic E-state index is 0.539. The first-order chi connectivity index (χ1) is 8.86. The van der Waals surface area contributed by atoms with Gasteiger partial charge >= 0.3 is 0 Å². The van der Waals surface area contributed by atoms with E-state index in [9.17, 15) is 0 Å². The number of unbranched alkanes of at least 4 members (excludes halogenated alkanes) is 4. The molecule has 0 unspecified atom stereocenters. The van der Waals surface area contributed by atoms with Crippen LogP contribution in [0.25, 0.3) is 0 Å². The van der Waals surface area contributed by atoms with E-state index >= 15 is 0 Å². The van der Waals surface area contributed by atoms with Crippen molar-refractivity contribution in [3.05, 3.63) is 36.9 Å². The molecule has 1 aromatic carbocycles. The smallest absolute Gasteiger partial charge is 0.120 e. The van der Waals surface area contributed by atoms with Gasteiger partial charge in [0.25, 0.3) is 0 Å². The van der Waals surface area contributed by atoms with E-state index in [-0.39, 0.29) is 0 Å². The summed E-state index contributed by atoms with van der Waals surface area (Å²) in [4.78, 5) is 0. The SMILES string of the molecule is C=CCOc1ccc(OCCCCCCC)cc1. The third-order valence-electron chi connectivity index (χ3n) is 2.71. The van der Waals surface area contributed by atoms with E-state index in [1.165, 1.54) is 25.7 Å². The van der Waals surface area contributed by atoms with Gasteiger partial charge in [0, 0.05) is 0 Å². The third kappa shape index (κ3) is 6.33. The summed E-state index contributed by atoms with van der Waals surface area (Å²) >= 11 is 0. The van der Waals surface area contributed by atoms with Gasteiger partial charge in [-0.05, 0) is 30.7 Å². The molecule has 0 fully saturated rings. The highest BCUT2D eigenvalue weighted by Crippen LogP contribution is 2.18. The Bertz CT molecular complexity index is 316. The lowest BCUT2D eigenvalue weighted by Gasteiger charge is -2.07. The molecule has 0 radical (unpaired) electrons. The quantitative estimate of drug-likeness (QED) is 0.445. The van der Waals surface area contributed by atoms with E-state index in [1.54, 1.807) is 6.08 Å². The summed E-state index contributed by atoms with van der Waals surface area (Å²) in [7, 11) is 0. The standard InChI is InChI=1S/C16H24O2/c1-3-5-6-7-8-14-18-16-11-9-15(10-12-16)17-13-4-2/h4,9-12H,2-3,5-8,13-14H2,1H3. The van der Waals surface area contributed by atoms with E-state index in [2.05, 4.69) is 13.5 Å². The molecular weight excluding hydrogens is 224 g/mol. The molecule has 0 heterocycles. The zero-order valence-electron chi connectivity index (χ0n) is 11.4. The summed E-state index contributed by atoms with van der Waals surface area (Å²) < 4.78 is 11.1. The van der Waals surface area contributed by atoms with Crippen LogP contribution in [-0.4, -0.2) is 13.2 Å². The van der Waals surface area contributed by atoms with Crippen molar-refractivity contribution in [1.82, 2.24) is 0 Å². The molecule has 2 heteroatoms. The highest BCUT2D eigenvalue weighted by Gasteiger charge is 1.96. The van der Waals surface area contributed by atoms with Crippen molar-refractivity contribution in [1.29, 1.82) is 0 Å². The first kappa shape index (κ1) is 14.6. The monoisotopic (exact) mass is 248 g/mol. The number of benzene rings is 1. The van der Waals surface area contributed by atoms with Gasteiger partial charge < -0.3 is 9.47 Å². The summed E-state index contributed by atoms with van der Waals surface area (Å²) in [6.07, 6.45) is 8.06. The topological polar surface area (TPSA) is 18.5 Å². The van der Waals surface area contributed by atoms with Crippen LogP contribution < -0.4 is 9.47 Å². The Balaban J connectivity index is 2.16. The molecule has 0 bridgehead atoms. The van der Waals surface area contributed by atoms with Gasteiger partial charge in [-0.3, -0.25) is 0 Å². The van der Waals surface area contributed by atoms with Crippen LogP contribution in [0.2, 0.25) is 0 Å². The van der Waals surface area contributed by atoms with Crippen molar-refractivity contribution in [2.24, 2.45) is 0 Å². The Hall–Kier alpha value is -1.44.